The summed E-state index contributed by atoms with van der Waals surface area (Å²) in [6.07, 6.45) is 10.8. The molecular formula is C35H58N6O4. The van der Waals surface area contributed by atoms with Crippen molar-refractivity contribution in [2.24, 2.45) is 11.8 Å². The number of dihydropyridines is 2. The highest BCUT2D eigenvalue weighted by molar-refractivity contribution is 5.68. The fraction of sp³-hybridized carbons (Fsp3) is 0.743. The zero-order valence-electron chi connectivity index (χ0n) is 28.6. The van der Waals surface area contributed by atoms with E-state index >= 15 is 0 Å². The Morgan fingerprint density at radius 3 is 2.40 bits per heavy atom. The van der Waals surface area contributed by atoms with Crippen LogP contribution in [0.2, 0.25) is 0 Å². The minimum atomic E-state index is -0.453. The van der Waals surface area contributed by atoms with Crippen LogP contribution in [0.15, 0.2) is 46.8 Å². The molecule has 3 atom stereocenters. The van der Waals surface area contributed by atoms with Crippen molar-refractivity contribution >= 4 is 6.09 Å². The number of fused-ring (bicyclic) bond motifs is 1. The summed E-state index contributed by atoms with van der Waals surface area (Å²) >= 11 is 0. The molecule has 0 aromatic rings. The summed E-state index contributed by atoms with van der Waals surface area (Å²) in [6.45, 7) is 21.3. The first-order valence-electron chi connectivity index (χ1n) is 17.5. The molecular weight excluding hydrogens is 568 g/mol. The Labute approximate surface area is 271 Å². The number of allylic oxidation sites excluding steroid dienone is 2. The van der Waals surface area contributed by atoms with E-state index in [2.05, 4.69) is 57.9 Å². The SMILES string of the molecule is CC.C[C@H]1OC2=C(C=C(C3CN(C4CCN(C(=O)OC(C)(C)C)CC4)C3)NC2(C)C2CC2)NC2NC=CC(N3CCOCC3)=C21.[HH]. The third kappa shape index (κ3) is 6.55. The third-order valence-electron chi connectivity index (χ3n) is 10.3. The van der Waals surface area contributed by atoms with Crippen molar-refractivity contribution in [1.82, 2.24) is 30.7 Å². The van der Waals surface area contributed by atoms with E-state index < -0.39 is 5.60 Å². The number of hydrogen-bond acceptors (Lipinski definition) is 9. The van der Waals surface area contributed by atoms with Gasteiger partial charge < -0.3 is 40.0 Å². The molecule has 4 fully saturated rings. The van der Waals surface area contributed by atoms with Crippen LogP contribution in [0.4, 0.5) is 4.79 Å². The average molecular weight is 627 g/mol. The van der Waals surface area contributed by atoms with Crippen LogP contribution >= 0.6 is 0 Å². The lowest BCUT2D eigenvalue weighted by atomic mass is 9.83. The minimum Gasteiger partial charge on any atom is -0.486 e. The van der Waals surface area contributed by atoms with Crippen molar-refractivity contribution in [3.63, 3.8) is 0 Å². The number of nitrogens with zero attached hydrogens (tertiary/aromatic N) is 3. The van der Waals surface area contributed by atoms with Gasteiger partial charge in [-0.3, -0.25) is 4.90 Å². The Balaban J connectivity index is 0.00000136. The second-order valence-corrected chi connectivity index (χ2v) is 14.6. The summed E-state index contributed by atoms with van der Waals surface area (Å²) in [5, 5.41) is 11.5. The highest BCUT2D eigenvalue weighted by Gasteiger charge is 2.52. The topological polar surface area (TPSA) is 90.6 Å². The molecule has 2 unspecified atom stereocenters. The van der Waals surface area contributed by atoms with Crippen molar-refractivity contribution in [3.05, 3.63) is 46.8 Å². The number of morpholine rings is 1. The van der Waals surface area contributed by atoms with E-state index in [1.807, 2.05) is 39.5 Å². The maximum absolute atomic E-state index is 12.5. The lowest BCUT2D eigenvalue weighted by Gasteiger charge is -2.50. The molecule has 1 saturated carbocycles. The molecule has 1 amide bonds. The largest absolute Gasteiger partial charge is 0.486 e. The number of piperidine rings is 1. The zero-order valence-corrected chi connectivity index (χ0v) is 28.6. The first-order valence-corrected chi connectivity index (χ1v) is 17.5. The summed E-state index contributed by atoms with van der Waals surface area (Å²) in [5.74, 6) is 2.10. The van der Waals surface area contributed by atoms with Gasteiger partial charge in [-0.1, -0.05) is 13.8 Å². The highest BCUT2D eigenvalue weighted by atomic mass is 16.6. The van der Waals surface area contributed by atoms with Crippen LogP contribution in [0.3, 0.4) is 0 Å². The van der Waals surface area contributed by atoms with E-state index in [0.29, 0.717) is 17.9 Å². The van der Waals surface area contributed by atoms with Gasteiger partial charge in [-0.25, -0.2) is 4.79 Å². The molecule has 45 heavy (non-hydrogen) atoms. The standard InChI is InChI=1S/C33H50N6O4.C2H6.H2/c1-21-28-27(37-14-16-41-17-15-37)8-11-34-30(28)35-26-18-25(36-33(5,23-6-7-23)29(26)42-21)22-19-39(20-22)24-9-12-38(13-10-24)31(40)43-32(2,3)4;1-2;/h8,11,18,21-24,30,34-36H,6-7,9-10,12-17,19-20H2,1-5H3;1-2H3;1H/t21-,30?,33?;;/m1../s1. The first-order chi connectivity index (χ1) is 21.6. The van der Waals surface area contributed by atoms with Crippen LogP contribution in [-0.4, -0.2) is 103 Å². The Hall–Kier alpha value is -2.85. The third-order valence-corrected chi connectivity index (χ3v) is 10.3. The molecule has 0 bridgehead atoms. The average Bonchev–Trinajstić information content (AvgIpc) is 3.86. The number of likely N-dealkylation sites (tertiary alicyclic amines) is 2. The molecule has 6 aliphatic heterocycles. The van der Waals surface area contributed by atoms with E-state index in [4.69, 9.17) is 14.2 Å². The van der Waals surface area contributed by atoms with Gasteiger partial charge >= 0.3 is 6.09 Å². The smallest absolute Gasteiger partial charge is 0.410 e. The molecule has 252 valence electrons. The van der Waals surface area contributed by atoms with Gasteiger partial charge in [0, 0.05) is 75.8 Å². The predicted molar refractivity (Wildman–Crippen MR) is 178 cm³/mol. The number of amides is 1. The molecule has 0 radical (unpaired) electrons. The second kappa shape index (κ2) is 12.7. The second-order valence-electron chi connectivity index (χ2n) is 14.6. The van der Waals surface area contributed by atoms with Crippen LogP contribution in [0.5, 0.6) is 0 Å². The predicted octanol–water partition coefficient (Wildman–Crippen LogP) is 4.49. The lowest BCUT2D eigenvalue weighted by Crippen LogP contribution is -2.60. The quantitative estimate of drug-likeness (QED) is 0.418. The van der Waals surface area contributed by atoms with Gasteiger partial charge in [0.2, 0.25) is 0 Å². The number of carbonyl (C=O) groups is 1. The molecule has 7 rings (SSSR count). The van der Waals surface area contributed by atoms with E-state index in [1.165, 1.54) is 29.8 Å². The van der Waals surface area contributed by atoms with Gasteiger partial charge in [-0.05, 0) is 78.4 Å². The number of hydrogen-bond donors (Lipinski definition) is 3. The highest BCUT2D eigenvalue weighted by Crippen LogP contribution is 2.49. The fourth-order valence-corrected chi connectivity index (χ4v) is 7.71. The van der Waals surface area contributed by atoms with Gasteiger partial charge in [0.25, 0.3) is 0 Å². The maximum Gasteiger partial charge on any atom is 0.410 e. The molecule has 3 N–H and O–H groups in total. The number of nitrogens with one attached hydrogen (secondary N) is 3. The Morgan fingerprint density at radius 1 is 1.07 bits per heavy atom. The fourth-order valence-electron chi connectivity index (χ4n) is 7.71. The molecule has 6 heterocycles. The summed E-state index contributed by atoms with van der Waals surface area (Å²) in [4.78, 5) is 19.5. The van der Waals surface area contributed by atoms with Gasteiger partial charge in [-0.2, -0.15) is 0 Å². The maximum atomic E-state index is 12.5. The van der Waals surface area contributed by atoms with Crippen molar-refractivity contribution in [3.8, 4) is 0 Å². The summed E-state index contributed by atoms with van der Waals surface area (Å²) in [5.41, 5.74) is 4.28. The summed E-state index contributed by atoms with van der Waals surface area (Å²) in [6, 6.07) is 0.522. The zero-order chi connectivity index (χ0) is 31.9. The summed E-state index contributed by atoms with van der Waals surface area (Å²) in [7, 11) is 0. The molecule has 0 aromatic heterocycles. The van der Waals surface area contributed by atoms with Crippen molar-refractivity contribution in [2.45, 2.75) is 104 Å². The number of ether oxygens (including phenoxy) is 3. The van der Waals surface area contributed by atoms with E-state index in [-0.39, 0.29) is 25.3 Å². The van der Waals surface area contributed by atoms with Crippen molar-refractivity contribution in [2.75, 3.05) is 52.5 Å². The normalized spacial score (nSPS) is 31.0. The van der Waals surface area contributed by atoms with E-state index in [1.54, 1.807) is 0 Å². The van der Waals surface area contributed by atoms with Gasteiger partial charge in [0.1, 0.15) is 23.6 Å². The van der Waals surface area contributed by atoms with E-state index in [0.717, 1.165) is 76.8 Å². The number of carbonyl (C=O) groups excluding carboxylic acids is 1. The lowest BCUT2D eigenvalue weighted by molar-refractivity contribution is 0.000455. The minimum absolute atomic E-state index is 0. The Bertz CT molecular complexity index is 1240. The monoisotopic (exact) mass is 626 g/mol. The summed E-state index contributed by atoms with van der Waals surface area (Å²) < 4.78 is 18.2. The van der Waals surface area contributed by atoms with E-state index in [9.17, 15) is 4.79 Å². The molecule has 3 saturated heterocycles. The van der Waals surface area contributed by atoms with Crippen molar-refractivity contribution < 1.29 is 20.4 Å². The molecule has 10 nitrogen and oxygen atoms in total. The van der Waals surface area contributed by atoms with Crippen LogP contribution in [0.1, 0.15) is 75.6 Å². The van der Waals surface area contributed by atoms with Gasteiger partial charge in [-0.15, -0.1) is 0 Å². The Morgan fingerprint density at radius 2 is 1.76 bits per heavy atom. The molecule has 10 heteroatoms. The number of rotatable bonds is 4. The molecule has 7 aliphatic rings. The molecule has 0 spiro atoms. The first kappa shape index (κ1) is 32.1. The molecule has 1 aliphatic carbocycles. The van der Waals surface area contributed by atoms with Crippen LogP contribution in [0.25, 0.3) is 0 Å². The molecule has 0 aromatic carbocycles. The Kier molecular flexibility index (Phi) is 9.09. The van der Waals surface area contributed by atoms with Crippen LogP contribution in [-0.2, 0) is 14.2 Å². The van der Waals surface area contributed by atoms with Gasteiger partial charge in [0.05, 0.1) is 24.4 Å². The van der Waals surface area contributed by atoms with Crippen LogP contribution < -0.4 is 16.0 Å². The van der Waals surface area contributed by atoms with Gasteiger partial charge in [0.15, 0.2) is 0 Å². The van der Waals surface area contributed by atoms with Crippen molar-refractivity contribution in [1.29, 1.82) is 0 Å². The van der Waals surface area contributed by atoms with Crippen LogP contribution in [0, 0.1) is 11.8 Å².